The van der Waals surface area contributed by atoms with E-state index in [1.54, 1.807) is 10.6 Å². The topological polar surface area (TPSA) is 62.7 Å². The van der Waals surface area contributed by atoms with Crippen LogP contribution in [0.3, 0.4) is 0 Å². The van der Waals surface area contributed by atoms with Crippen molar-refractivity contribution < 1.29 is 18.0 Å². The number of benzene rings is 1. The molecule has 0 unspecified atom stereocenters. The predicted octanol–water partition coefficient (Wildman–Crippen LogP) is 3.72. The summed E-state index contributed by atoms with van der Waals surface area (Å²) in [5.74, 6) is 0.309. The van der Waals surface area contributed by atoms with Crippen molar-refractivity contribution in [2.75, 3.05) is 0 Å². The smallest absolute Gasteiger partial charge is 0.348 e. The van der Waals surface area contributed by atoms with Crippen molar-refractivity contribution in [3.05, 3.63) is 46.0 Å². The van der Waals surface area contributed by atoms with Crippen LogP contribution in [0.5, 0.6) is 0 Å². The molecule has 1 saturated carbocycles. The molecule has 2 aromatic rings. The molecule has 0 radical (unpaired) electrons. The maximum absolute atomic E-state index is 13.0. The Morgan fingerprint density at radius 3 is 2.73 bits per heavy atom. The maximum Gasteiger partial charge on any atom is 0.416 e. The van der Waals surface area contributed by atoms with Crippen LogP contribution in [0.4, 0.5) is 13.2 Å². The summed E-state index contributed by atoms with van der Waals surface area (Å²) in [6.45, 7) is 2.69. The van der Waals surface area contributed by atoms with Crippen molar-refractivity contribution in [1.29, 1.82) is 0 Å². The molecule has 1 heterocycles. The minimum atomic E-state index is -4.43. The molecule has 1 aromatic heterocycles. The molecule has 1 aliphatic carbocycles. The molecule has 2 N–H and O–H groups in total. The van der Waals surface area contributed by atoms with E-state index < -0.39 is 17.2 Å². The molecule has 5 nitrogen and oxygen atoms in total. The van der Waals surface area contributed by atoms with Crippen LogP contribution >= 0.6 is 12.2 Å². The van der Waals surface area contributed by atoms with Gasteiger partial charge in [0.15, 0.2) is 10.6 Å². The highest BCUT2D eigenvalue weighted by Crippen LogP contribution is 2.45. The van der Waals surface area contributed by atoms with Crippen molar-refractivity contribution >= 4 is 18.1 Å². The van der Waals surface area contributed by atoms with Crippen LogP contribution in [0.25, 0.3) is 0 Å². The van der Waals surface area contributed by atoms with Gasteiger partial charge in [0, 0.05) is 6.54 Å². The van der Waals surface area contributed by atoms with Crippen molar-refractivity contribution in [2.24, 2.45) is 0 Å². The highest BCUT2D eigenvalue weighted by atomic mass is 32.1. The van der Waals surface area contributed by atoms with Crippen molar-refractivity contribution in [2.45, 2.75) is 50.9 Å². The van der Waals surface area contributed by atoms with Gasteiger partial charge in [-0.05, 0) is 43.6 Å². The van der Waals surface area contributed by atoms with Crippen molar-refractivity contribution in [3.8, 4) is 0 Å². The molecule has 3 rings (SSSR count). The number of rotatable bonds is 5. The van der Waals surface area contributed by atoms with Crippen LogP contribution in [0, 0.1) is 4.77 Å². The van der Waals surface area contributed by atoms with E-state index >= 15 is 0 Å². The number of hydrogen-bond acceptors (Lipinski definition) is 3. The summed E-state index contributed by atoms with van der Waals surface area (Å²) < 4.78 is 41.3. The highest BCUT2D eigenvalue weighted by molar-refractivity contribution is 7.71. The fourth-order valence-corrected chi connectivity index (χ4v) is 3.59. The monoisotopic (exact) mass is 384 g/mol. The van der Waals surface area contributed by atoms with Gasteiger partial charge in [-0.25, -0.2) is 0 Å². The molecular weight excluding hydrogens is 365 g/mol. The Kier molecular flexibility index (Phi) is 4.92. The Hall–Kier alpha value is -2.16. The Bertz CT molecular complexity index is 867. The number of nitrogens with one attached hydrogen (secondary N) is 2. The third kappa shape index (κ3) is 3.27. The van der Waals surface area contributed by atoms with E-state index in [9.17, 15) is 18.0 Å². The second-order valence-corrected chi connectivity index (χ2v) is 6.77. The number of alkyl halides is 3. The summed E-state index contributed by atoms with van der Waals surface area (Å²) >= 11 is 5.11. The number of aromatic nitrogens is 3. The minimum absolute atomic E-state index is 0.167. The molecule has 0 aliphatic heterocycles. The third-order valence-electron chi connectivity index (χ3n) is 4.94. The molecular formula is C17H19F3N4OS. The first kappa shape index (κ1) is 18.6. The molecule has 0 spiro atoms. The lowest BCUT2D eigenvalue weighted by molar-refractivity contribution is -0.138. The van der Waals surface area contributed by atoms with Crippen LogP contribution in [0.15, 0.2) is 24.3 Å². The summed E-state index contributed by atoms with van der Waals surface area (Å²) in [7, 11) is 0. The first-order valence-corrected chi connectivity index (χ1v) is 8.79. The number of hydrogen-bond donors (Lipinski definition) is 2. The number of carbonyl (C=O) groups excluding carboxylic acids is 1. The molecule has 0 bridgehead atoms. The van der Waals surface area contributed by atoms with E-state index in [-0.39, 0.29) is 12.5 Å². The minimum Gasteiger partial charge on any atom is -0.348 e. The maximum atomic E-state index is 13.0. The molecule has 9 heteroatoms. The molecule has 0 atom stereocenters. The number of halogens is 3. The average molecular weight is 384 g/mol. The predicted molar refractivity (Wildman–Crippen MR) is 91.9 cm³/mol. The van der Waals surface area contributed by atoms with Gasteiger partial charge in [-0.1, -0.05) is 24.6 Å². The van der Waals surface area contributed by atoms with Gasteiger partial charge >= 0.3 is 6.18 Å². The molecule has 1 fully saturated rings. The third-order valence-corrected chi connectivity index (χ3v) is 5.26. The van der Waals surface area contributed by atoms with Gasteiger partial charge in [0.05, 0.1) is 17.5 Å². The van der Waals surface area contributed by atoms with Gasteiger partial charge in [0.25, 0.3) is 0 Å². The molecule has 26 heavy (non-hydrogen) atoms. The lowest BCUT2D eigenvalue weighted by Gasteiger charge is -2.41. The zero-order chi connectivity index (χ0) is 18.9. The highest BCUT2D eigenvalue weighted by Gasteiger charge is 2.46. The van der Waals surface area contributed by atoms with E-state index in [1.165, 1.54) is 6.07 Å². The molecule has 1 amide bonds. The second kappa shape index (κ2) is 6.86. The van der Waals surface area contributed by atoms with Gasteiger partial charge in [-0.15, -0.1) is 0 Å². The number of amides is 1. The summed E-state index contributed by atoms with van der Waals surface area (Å²) in [5.41, 5.74) is -1.24. The van der Waals surface area contributed by atoms with Gasteiger partial charge < -0.3 is 9.88 Å². The van der Waals surface area contributed by atoms with Crippen LogP contribution in [0.2, 0.25) is 0 Å². The van der Waals surface area contributed by atoms with E-state index in [0.717, 1.165) is 18.6 Å². The number of carbonyl (C=O) groups is 1. The Labute approximate surface area is 153 Å². The number of nitrogens with zero attached hydrogens (tertiary/aromatic N) is 2. The Balaban J connectivity index is 1.81. The molecule has 0 saturated heterocycles. The Morgan fingerprint density at radius 1 is 1.42 bits per heavy atom. The van der Waals surface area contributed by atoms with Crippen molar-refractivity contribution in [3.63, 3.8) is 0 Å². The van der Waals surface area contributed by atoms with Gasteiger partial charge in [0.1, 0.15) is 0 Å². The first-order chi connectivity index (χ1) is 12.3. The normalized spacial score (nSPS) is 16.2. The van der Waals surface area contributed by atoms with E-state index in [4.69, 9.17) is 12.2 Å². The molecule has 1 aliphatic rings. The summed E-state index contributed by atoms with van der Waals surface area (Å²) in [6, 6.07) is 5.05. The van der Waals surface area contributed by atoms with E-state index in [2.05, 4.69) is 15.5 Å². The lowest BCUT2D eigenvalue weighted by atomic mass is 9.63. The van der Waals surface area contributed by atoms with E-state index in [0.29, 0.717) is 35.5 Å². The molecule has 140 valence electrons. The lowest BCUT2D eigenvalue weighted by Crippen LogP contribution is -2.49. The summed E-state index contributed by atoms with van der Waals surface area (Å²) in [5, 5.41) is 9.58. The Morgan fingerprint density at radius 2 is 2.15 bits per heavy atom. The zero-order valence-electron chi connectivity index (χ0n) is 14.2. The zero-order valence-corrected chi connectivity index (χ0v) is 15.0. The van der Waals surface area contributed by atoms with Gasteiger partial charge in [-0.2, -0.15) is 18.3 Å². The average Bonchev–Trinajstić information content (AvgIpc) is 2.91. The fraction of sp³-hybridized carbons (Fsp3) is 0.471. The van der Waals surface area contributed by atoms with E-state index in [1.807, 2.05) is 6.92 Å². The van der Waals surface area contributed by atoms with Crippen LogP contribution in [-0.2, 0) is 29.5 Å². The standard InChI is InChI=1S/C17H19F3N4OS/c1-2-24-13(22-23-15(24)26)10-21-14(25)16(7-4-8-16)11-5-3-6-12(9-11)17(18,19)20/h3,5-6,9H,2,4,7-8,10H2,1H3,(H,21,25)(H,23,26). The summed E-state index contributed by atoms with van der Waals surface area (Å²) in [6.07, 6.45) is -2.57. The van der Waals surface area contributed by atoms with Gasteiger partial charge in [0.2, 0.25) is 5.91 Å². The van der Waals surface area contributed by atoms with Crippen LogP contribution < -0.4 is 5.32 Å². The molecule has 1 aromatic carbocycles. The number of H-pyrrole nitrogens is 1. The SMILES string of the molecule is CCn1c(CNC(=O)C2(c3cccc(C(F)(F)F)c3)CCC2)n[nH]c1=S. The van der Waals surface area contributed by atoms with Crippen LogP contribution in [-0.4, -0.2) is 20.7 Å². The second-order valence-electron chi connectivity index (χ2n) is 6.39. The van der Waals surface area contributed by atoms with Crippen molar-refractivity contribution in [1.82, 2.24) is 20.1 Å². The first-order valence-electron chi connectivity index (χ1n) is 8.38. The largest absolute Gasteiger partial charge is 0.416 e. The fourth-order valence-electron chi connectivity index (χ4n) is 3.31. The van der Waals surface area contributed by atoms with Gasteiger partial charge in [-0.3, -0.25) is 9.89 Å². The summed E-state index contributed by atoms with van der Waals surface area (Å²) in [4.78, 5) is 12.8. The quantitative estimate of drug-likeness (QED) is 0.773. The van der Waals surface area contributed by atoms with Crippen LogP contribution in [0.1, 0.15) is 43.1 Å². The number of aromatic amines is 1.